The van der Waals surface area contributed by atoms with Gasteiger partial charge in [0.25, 0.3) is 0 Å². The minimum atomic E-state index is -0.713. The molecule has 1 saturated carbocycles. The van der Waals surface area contributed by atoms with Gasteiger partial charge in [-0.1, -0.05) is 23.4 Å². The third kappa shape index (κ3) is 4.56. The van der Waals surface area contributed by atoms with Crippen molar-refractivity contribution in [1.82, 2.24) is 9.80 Å². The van der Waals surface area contributed by atoms with Gasteiger partial charge >= 0.3 is 5.97 Å². The van der Waals surface area contributed by atoms with Gasteiger partial charge in [-0.2, -0.15) is 0 Å². The number of carboxylic acid groups (broad SMARTS) is 1. The Kier molecular flexibility index (Phi) is 5.90. The quantitative estimate of drug-likeness (QED) is 0.602. The molecule has 7 nitrogen and oxygen atoms in total. The van der Waals surface area contributed by atoms with Crippen LogP contribution >= 0.6 is 0 Å². The highest BCUT2D eigenvalue weighted by atomic mass is 19.1. The molecule has 6 rings (SSSR count). The number of oxime groups is 1. The van der Waals surface area contributed by atoms with Crippen molar-refractivity contribution in [1.29, 1.82) is 0 Å². The van der Waals surface area contributed by atoms with Crippen LogP contribution in [0.25, 0.3) is 11.1 Å². The van der Waals surface area contributed by atoms with E-state index < -0.39 is 11.4 Å². The third-order valence-electron chi connectivity index (χ3n) is 8.57. The molecule has 2 aromatic rings. The molecule has 2 saturated heterocycles. The average Bonchev–Trinajstić information content (AvgIpc) is 3.63. The van der Waals surface area contributed by atoms with E-state index >= 15 is 0 Å². The van der Waals surface area contributed by atoms with E-state index in [0.717, 1.165) is 48.8 Å². The number of nitrogens with zero attached hydrogens (tertiary/aromatic N) is 3. The number of hydrogen-bond acceptors (Lipinski definition) is 6. The standard InChI is InChI=1S/C29H34FN3O4/c1-28(27(34)35)9-11-33(12-10-28)25-15-29(37-31-25)17-32(18-29)16-19-13-23(20-3-4-20)26(24(14-19)36-2)21-5-7-22(30)8-6-21/h5-8,13-14,20H,3-4,9-12,15-18H2,1-2H3,(H,34,35). The molecule has 0 bridgehead atoms. The summed E-state index contributed by atoms with van der Waals surface area (Å²) in [7, 11) is 1.70. The van der Waals surface area contributed by atoms with Gasteiger partial charge in [0.2, 0.25) is 0 Å². The minimum absolute atomic E-state index is 0.237. The Balaban J connectivity index is 1.11. The van der Waals surface area contributed by atoms with Crippen molar-refractivity contribution in [3.8, 4) is 16.9 Å². The molecule has 2 aromatic carbocycles. The molecular formula is C29H34FN3O4. The number of benzene rings is 2. The van der Waals surface area contributed by atoms with Crippen molar-refractivity contribution in [3.05, 3.63) is 53.3 Å². The predicted molar refractivity (Wildman–Crippen MR) is 138 cm³/mol. The van der Waals surface area contributed by atoms with E-state index in [4.69, 9.17) is 9.57 Å². The topological polar surface area (TPSA) is 74.6 Å². The van der Waals surface area contributed by atoms with Crippen LogP contribution in [0.3, 0.4) is 0 Å². The molecule has 1 N–H and O–H groups in total. The van der Waals surface area contributed by atoms with Gasteiger partial charge in [-0.05, 0) is 73.4 Å². The lowest BCUT2D eigenvalue weighted by molar-refractivity contribution is -0.150. The fraction of sp³-hybridized carbons (Fsp3) is 0.517. The fourth-order valence-corrected chi connectivity index (χ4v) is 6.04. The van der Waals surface area contributed by atoms with Gasteiger partial charge in [-0.25, -0.2) is 4.39 Å². The van der Waals surface area contributed by atoms with Crippen molar-refractivity contribution < 1.29 is 23.9 Å². The maximum atomic E-state index is 13.5. The molecule has 0 aromatic heterocycles. The number of carbonyl (C=O) groups is 1. The number of piperidine rings is 1. The normalized spacial score (nSPS) is 22.4. The smallest absolute Gasteiger partial charge is 0.309 e. The number of likely N-dealkylation sites (tertiary alicyclic amines) is 2. The second-order valence-electron chi connectivity index (χ2n) is 11.5. The van der Waals surface area contributed by atoms with Gasteiger partial charge in [0, 0.05) is 38.3 Å². The SMILES string of the molecule is COc1cc(CN2CC3(CC(N4CCC(C)(C(=O)O)CC4)=NO3)C2)cc(C2CC2)c1-c1ccc(F)cc1. The summed E-state index contributed by atoms with van der Waals surface area (Å²) in [6.07, 6.45) is 4.36. The summed E-state index contributed by atoms with van der Waals surface area (Å²) >= 11 is 0. The molecule has 1 aliphatic carbocycles. The monoisotopic (exact) mass is 507 g/mol. The number of hydrogen-bond donors (Lipinski definition) is 1. The highest BCUT2D eigenvalue weighted by Crippen LogP contribution is 2.48. The van der Waals surface area contributed by atoms with Gasteiger partial charge < -0.3 is 19.6 Å². The maximum Gasteiger partial charge on any atom is 0.309 e. The summed E-state index contributed by atoms with van der Waals surface area (Å²) in [4.78, 5) is 22.1. The first kappa shape index (κ1) is 24.2. The van der Waals surface area contributed by atoms with E-state index in [2.05, 4.69) is 27.1 Å². The summed E-state index contributed by atoms with van der Waals surface area (Å²) < 4.78 is 19.4. The van der Waals surface area contributed by atoms with E-state index in [1.165, 1.54) is 36.1 Å². The van der Waals surface area contributed by atoms with E-state index in [-0.39, 0.29) is 11.4 Å². The van der Waals surface area contributed by atoms with Crippen LogP contribution < -0.4 is 4.74 Å². The lowest BCUT2D eigenvalue weighted by Crippen LogP contribution is -2.61. The maximum absolute atomic E-state index is 13.5. The van der Waals surface area contributed by atoms with Crippen LogP contribution in [0.2, 0.25) is 0 Å². The molecule has 4 aliphatic rings. The Morgan fingerprint density at radius 3 is 2.51 bits per heavy atom. The van der Waals surface area contributed by atoms with Gasteiger partial charge in [-0.15, -0.1) is 0 Å². The van der Waals surface area contributed by atoms with Crippen molar-refractivity contribution >= 4 is 11.8 Å². The molecule has 3 aliphatic heterocycles. The van der Waals surface area contributed by atoms with E-state index in [1.54, 1.807) is 7.11 Å². The zero-order valence-electron chi connectivity index (χ0n) is 21.5. The second kappa shape index (κ2) is 9.01. The van der Waals surface area contributed by atoms with E-state index in [1.807, 2.05) is 19.1 Å². The van der Waals surface area contributed by atoms with Crippen molar-refractivity contribution in [3.63, 3.8) is 0 Å². The number of carboxylic acids is 1. The molecule has 3 fully saturated rings. The highest BCUT2D eigenvalue weighted by Gasteiger charge is 2.51. The van der Waals surface area contributed by atoms with Crippen LogP contribution in [0.5, 0.6) is 5.75 Å². The van der Waals surface area contributed by atoms with E-state index in [9.17, 15) is 14.3 Å². The highest BCUT2D eigenvalue weighted by molar-refractivity contribution is 5.85. The van der Waals surface area contributed by atoms with Crippen LogP contribution in [-0.4, -0.2) is 65.6 Å². The summed E-state index contributed by atoms with van der Waals surface area (Å²) in [6.45, 7) is 5.66. The lowest BCUT2D eigenvalue weighted by Gasteiger charge is -2.45. The second-order valence-corrected chi connectivity index (χ2v) is 11.5. The first-order valence-electron chi connectivity index (χ1n) is 13.2. The molecule has 0 atom stereocenters. The number of aliphatic carboxylic acids is 1. The molecule has 1 spiro atoms. The first-order valence-corrected chi connectivity index (χ1v) is 13.2. The molecule has 3 heterocycles. The molecule has 0 unspecified atom stereocenters. The molecular weight excluding hydrogens is 473 g/mol. The van der Waals surface area contributed by atoms with Crippen molar-refractivity contribution in [2.45, 2.75) is 57.1 Å². The largest absolute Gasteiger partial charge is 0.496 e. The summed E-state index contributed by atoms with van der Waals surface area (Å²) in [6, 6.07) is 11.1. The van der Waals surface area contributed by atoms with Crippen LogP contribution in [0.1, 0.15) is 56.1 Å². The Bertz CT molecular complexity index is 1230. The van der Waals surface area contributed by atoms with Gasteiger partial charge in [0.1, 0.15) is 17.4 Å². The molecule has 0 radical (unpaired) electrons. The number of halogens is 1. The Morgan fingerprint density at radius 2 is 1.89 bits per heavy atom. The Hall–Kier alpha value is -3.13. The van der Waals surface area contributed by atoms with Crippen LogP contribution in [-0.2, 0) is 16.2 Å². The Labute approximate surface area is 216 Å². The lowest BCUT2D eigenvalue weighted by atomic mass is 9.80. The number of ether oxygens (including phenoxy) is 1. The van der Waals surface area contributed by atoms with Crippen molar-refractivity contribution in [2.75, 3.05) is 33.3 Å². The third-order valence-corrected chi connectivity index (χ3v) is 8.57. The molecule has 37 heavy (non-hydrogen) atoms. The van der Waals surface area contributed by atoms with Gasteiger partial charge in [0.05, 0.1) is 18.9 Å². The number of methoxy groups -OCH3 is 1. The minimum Gasteiger partial charge on any atom is -0.496 e. The van der Waals surface area contributed by atoms with Crippen LogP contribution in [0.15, 0.2) is 41.6 Å². The summed E-state index contributed by atoms with van der Waals surface area (Å²) in [5.41, 5.74) is 3.64. The first-order chi connectivity index (χ1) is 17.8. The zero-order chi connectivity index (χ0) is 25.8. The van der Waals surface area contributed by atoms with Gasteiger partial charge in [-0.3, -0.25) is 9.69 Å². The number of amidine groups is 1. The van der Waals surface area contributed by atoms with Crippen molar-refractivity contribution in [2.24, 2.45) is 10.6 Å². The average molecular weight is 508 g/mol. The summed E-state index contributed by atoms with van der Waals surface area (Å²) in [5, 5.41) is 13.9. The number of rotatable bonds is 6. The molecule has 8 heteroatoms. The fourth-order valence-electron chi connectivity index (χ4n) is 6.04. The summed E-state index contributed by atoms with van der Waals surface area (Å²) in [5.74, 6) is 1.36. The van der Waals surface area contributed by atoms with Crippen LogP contribution in [0, 0.1) is 11.2 Å². The molecule has 196 valence electrons. The van der Waals surface area contributed by atoms with E-state index in [0.29, 0.717) is 31.8 Å². The van der Waals surface area contributed by atoms with Crippen LogP contribution in [0.4, 0.5) is 4.39 Å². The Morgan fingerprint density at radius 1 is 1.19 bits per heavy atom. The van der Waals surface area contributed by atoms with Gasteiger partial charge in [0.15, 0.2) is 5.60 Å². The zero-order valence-corrected chi connectivity index (χ0v) is 21.5. The predicted octanol–water partition coefficient (Wildman–Crippen LogP) is 4.85. The molecule has 0 amide bonds.